The molecule has 1 aliphatic rings. The predicted octanol–water partition coefficient (Wildman–Crippen LogP) is 5.07. The first kappa shape index (κ1) is 20.1. The molecule has 1 fully saturated rings. The first-order chi connectivity index (χ1) is 14.2. The lowest BCUT2D eigenvalue weighted by molar-refractivity contribution is -0.137. The molecule has 0 atom stereocenters. The smallest absolute Gasteiger partial charge is 0.306 e. The summed E-state index contributed by atoms with van der Waals surface area (Å²) in [5, 5.41) is -0.525. The van der Waals surface area contributed by atoms with Crippen LogP contribution in [0.2, 0.25) is 5.02 Å². The standard InChI is InChI=1S/C21H12ClF4N3O/c22-14-7-6-13(21(24,25)26)18(19(14)23)20-28-16(9-17(30)29-20)15-8-5-12(10-27-15)4-3-11-1-2-11/h5-11H,1-2H2,(H,28,29,30). The number of nitrogens with one attached hydrogen (secondary N) is 1. The number of benzene rings is 1. The molecule has 4 nitrogen and oxygen atoms in total. The molecule has 0 unspecified atom stereocenters. The van der Waals surface area contributed by atoms with Crippen molar-refractivity contribution in [2.45, 2.75) is 19.0 Å². The van der Waals surface area contributed by atoms with E-state index in [2.05, 4.69) is 26.8 Å². The van der Waals surface area contributed by atoms with E-state index in [1.54, 1.807) is 12.1 Å². The lowest BCUT2D eigenvalue weighted by Crippen LogP contribution is -2.14. The van der Waals surface area contributed by atoms with E-state index in [0.29, 0.717) is 17.5 Å². The quantitative estimate of drug-likeness (QED) is 0.453. The number of rotatable bonds is 2. The van der Waals surface area contributed by atoms with E-state index in [9.17, 15) is 22.4 Å². The van der Waals surface area contributed by atoms with Crippen molar-refractivity contribution in [2.75, 3.05) is 0 Å². The summed E-state index contributed by atoms with van der Waals surface area (Å²) >= 11 is 5.67. The topological polar surface area (TPSA) is 58.6 Å². The molecule has 0 aliphatic heterocycles. The summed E-state index contributed by atoms with van der Waals surface area (Å²) in [6.07, 6.45) is -1.24. The van der Waals surface area contributed by atoms with Crippen molar-refractivity contribution < 1.29 is 17.6 Å². The summed E-state index contributed by atoms with van der Waals surface area (Å²) < 4.78 is 54.7. The van der Waals surface area contributed by atoms with Gasteiger partial charge in [-0.15, -0.1) is 0 Å². The van der Waals surface area contributed by atoms with Gasteiger partial charge in [0.2, 0.25) is 0 Å². The molecule has 1 aromatic carbocycles. The van der Waals surface area contributed by atoms with Crippen molar-refractivity contribution in [3.63, 3.8) is 0 Å². The van der Waals surface area contributed by atoms with Gasteiger partial charge in [0.05, 0.1) is 27.5 Å². The van der Waals surface area contributed by atoms with E-state index in [-0.39, 0.29) is 11.4 Å². The number of hydrogen-bond donors (Lipinski definition) is 1. The normalized spacial score (nSPS) is 13.6. The minimum Gasteiger partial charge on any atom is -0.306 e. The van der Waals surface area contributed by atoms with E-state index < -0.39 is 39.5 Å². The summed E-state index contributed by atoms with van der Waals surface area (Å²) in [5.41, 5.74) is -2.11. The number of nitrogens with zero attached hydrogens (tertiary/aromatic N) is 2. The van der Waals surface area contributed by atoms with Gasteiger partial charge < -0.3 is 4.98 Å². The molecule has 2 aromatic heterocycles. The fraction of sp³-hybridized carbons (Fsp3) is 0.190. The minimum atomic E-state index is -4.88. The highest BCUT2D eigenvalue weighted by atomic mass is 35.5. The third kappa shape index (κ3) is 4.21. The molecular weight excluding hydrogens is 422 g/mol. The van der Waals surface area contributed by atoms with E-state index >= 15 is 0 Å². The Hall–Kier alpha value is -3.18. The van der Waals surface area contributed by atoms with Crippen LogP contribution in [0.1, 0.15) is 24.0 Å². The first-order valence-electron chi connectivity index (χ1n) is 8.87. The summed E-state index contributed by atoms with van der Waals surface area (Å²) in [6.45, 7) is 0. The highest BCUT2D eigenvalue weighted by molar-refractivity contribution is 6.31. The Morgan fingerprint density at radius 3 is 2.53 bits per heavy atom. The van der Waals surface area contributed by atoms with Crippen LogP contribution < -0.4 is 5.56 Å². The Morgan fingerprint density at radius 2 is 1.90 bits per heavy atom. The second-order valence-corrected chi connectivity index (χ2v) is 7.14. The SMILES string of the molecule is O=c1cc(-c2ccc(C#CC3CC3)cn2)nc(-c2c(C(F)(F)F)ccc(Cl)c2F)[nH]1. The van der Waals surface area contributed by atoms with Crippen molar-refractivity contribution in [3.05, 3.63) is 68.8 Å². The molecule has 0 amide bonds. The Labute approximate surface area is 173 Å². The molecule has 9 heteroatoms. The molecule has 3 aromatic rings. The molecule has 1 N–H and O–H groups in total. The van der Waals surface area contributed by atoms with Gasteiger partial charge in [-0.3, -0.25) is 9.78 Å². The van der Waals surface area contributed by atoms with Crippen LogP contribution in [0.25, 0.3) is 22.8 Å². The second kappa shape index (κ2) is 7.58. The number of hydrogen-bond acceptors (Lipinski definition) is 3. The Bertz CT molecular complexity index is 1240. The molecule has 0 saturated heterocycles. The predicted molar refractivity (Wildman–Crippen MR) is 103 cm³/mol. The number of pyridine rings is 1. The van der Waals surface area contributed by atoms with Crippen molar-refractivity contribution >= 4 is 11.6 Å². The molecular formula is C21H12ClF4N3O. The molecule has 152 valence electrons. The number of alkyl halides is 3. The molecule has 0 spiro atoms. The van der Waals surface area contributed by atoms with Gasteiger partial charge in [-0.1, -0.05) is 23.4 Å². The summed E-state index contributed by atoms with van der Waals surface area (Å²) in [5.74, 6) is 4.56. The molecule has 4 rings (SSSR count). The van der Waals surface area contributed by atoms with E-state index in [4.69, 9.17) is 11.6 Å². The number of aromatic amines is 1. The van der Waals surface area contributed by atoms with Crippen LogP contribution in [0.15, 0.2) is 41.3 Å². The molecule has 1 aliphatic carbocycles. The summed E-state index contributed by atoms with van der Waals surface area (Å²) in [6, 6.07) is 5.72. The molecule has 0 radical (unpaired) electrons. The Morgan fingerprint density at radius 1 is 1.13 bits per heavy atom. The third-order valence-corrected chi connectivity index (χ3v) is 4.69. The van der Waals surface area contributed by atoms with E-state index in [0.717, 1.165) is 25.0 Å². The zero-order valence-electron chi connectivity index (χ0n) is 15.1. The van der Waals surface area contributed by atoms with Gasteiger partial charge in [0.1, 0.15) is 5.82 Å². The Kier molecular flexibility index (Phi) is 5.08. The van der Waals surface area contributed by atoms with Crippen LogP contribution in [0.3, 0.4) is 0 Å². The first-order valence-corrected chi connectivity index (χ1v) is 9.25. The highest BCUT2D eigenvalue weighted by Crippen LogP contribution is 2.39. The molecule has 2 heterocycles. The highest BCUT2D eigenvalue weighted by Gasteiger charge is 2.36. The maximum atomic E-state index is 14.5. The zero-order valence-corrected chi connectivity index (χ0v) is 15.9. The van der Waals surface area contributed by atoms with E-state index in [1.165, 1.54) is 6.20 Å². The fourth-order valence-electron chi connectivity index (χ4n) is 2.76. The number of H-pyrrole nitrogens is 1. The van der Waals surface area contributed by atoms with Crippen LogP contribution in [-0.4, -0.2) is 15.0 Å². The van der Waals surface area contributed by atoms with Crippen LogP contribution in [0.4, 0.5) is 17.6 Å². The minimum absolute atomic E-state index is 0.0112. The maximum absolute atomic E-state index is 14.5. The second-order valence-electron chi connectivity index (χ2n) is 6.74. The number of halogens is 5. The van der Waals surface area contributed by atoms with Crippen molar-refractivity contribution in [2.24, 2.45) is 5.92 Å². The largest absolute Gasteiger partial charge is 0.417 e. The maximum Gasteiger partial charge on any atom is 0.417 e. The van der Waals surface area contributed by atoms with Gasteiger partial charge in [0, 0.05) is 23.7 Å². The van der Waals surface area contributed by atoms with Gasteiger partial charge in [0.25, 0.3) is 5.56 Å². The summed E-state index contributed by atoms with van der Waals surface area (Å²) in [4.78, 5) is 22.4. The zero-order chi connectivity index (χ0) is 21.5. The van der Waals surface area contributed by atoms with Crippen LogP contribution in [0, 0.1) is 23.6 Å². The van der Waals surface area contributed by atoms with E-state index in [1.807, 2.05) is 0 Å². The molecule has 30 heavy (non-hydrogen) atoms. The average molecular weight is 434 g/mol. The van der Waals surface area contributed by atoms with Crippen LogP contribution in [-0.2, 0) is 6.18 Å². The van der Waals surface area contributed by atoms with Gasteiger partial charge in [-0.2, -0.15) is 13.2 Å². The van der Waals surface area contributed by atoms with Crippen LogP contribution in [0.5, 0.6) is 0 Å². The van der Waals surface area contributed by atoms with Gasteiger partial charge in [-0.25, -0.2) is 9.37 Å². The molecule has 1 saturated carbocycles. The summed E-state index contributed by atoms with van der Waals surface area (Å²) in [7, 11) is 0. The average Bonchev–Trinajstić information content (AvgIpc) is 3.52. The van der Waals surface area contributed by atoms with Crippen LogP contribution >= 0.6 is 11.6 Å². The lowest BCUT2D eigenvalue weighted by atomic mass is 10.1. The monoisotopic (exact) mass is 433 g/mol. The van der Waals surface area contributed by atoms with Crippen molar-refractivity contribution in [1.82, 2.24) is 15.0 Å². The lowest BCUT2D eigenvalue weighted by Gasteiger charge is -2.14. The van der Waals surface area contributed by atoms with Crippen molar-refractivity contribution in [1.29, 1.82) is 0 Å². The third-order valence-electron chi connectivity index (χ3n) is 4.40. The van der Waals surface area contributed by atoms with Gasteiger partial charge >= 0.3 is 6.18 Å². The van der Waals surface area contributed by atoms with Gasteiger partial charge in [0.15, 0.2) is 5.82 Å². The number of aromatic nitrogens is 3. The molecule has 0 bridgehead atoms. The van der Waals surface area contributed by atoms with Crippen molar-refractivity contribution in [3.8, 4) is 34.6 Å². The van der Waals surface area contributed by atoms with Gasteiger partial charge in [-0.05, 0) is 37.1 Å². The fourth-order valence-corrected chi connectivity index (χ4v) is 2.92. The Balaban J connectivity index is 1.79.